The first kappa shape index (κ1) is 11.5. The van der Waals surface area contributed by atoms with Crippen molar-refractivity contribution in [3.8, 4) is 0 Å². The molecule has 82 valence electrons. The van der Waals surface area contributed by atoms with Crippen LogP contribution in [0.5, 0.6) is 0 Å². The third-order valence-corrected chi connectivity index (χ3v) is 2.85. The van der Waals surface area contributed by atoms with Crippen molar-refractivity contribution in [1.29, 1.82) is 0 Å². The molecule has 2 unspecified atom stereocenters. The highest BCUT2D eigenvalue weighted by Gasteiger charge is 2.32. The molecule has 4 nitrogen and oxygen atoms in total. The predicted octanol–water partition coefficient (Wildman–Crippen LogP) is 0.695. The Hall–Kier alpha value is -0.610. The minimum Gasteiger partial charge on any atom is -0.480 e. The van der Waals surface area contributed by atoms with Gasteiger partial charge < -0.3 is 10.2 Å². The number of rotatable bonds is 4. The average molecular weight is 201 g/mol. The van der Waals surface area contributed by atoms with E-state index in [4.69, 9.17) is 5.11 Å². The Morgan fingerprint density at radius 2 is 2.14 bits per heavy atom. The van der Waals surface area contributed by atoms with Crippen molar-refractivity contribution in [1.82, 2.24) is 4.90 Å². The molecule has 0 aliphatic heterocycles. The molecule has 1 saturated carbocycles. The lowest BCUT2D eigenvalue weighted by molar-refractivity contribution is -0.140. The number of carboxylic acids is 1. The molecule has 0 heterocycles. The molecular weight excluding hydrogens is 182 g/mol. The maximum absolute atomic E-state index is 10.7. The minimum absolute atomic E-state index is 0.0272. The summed E-state index contributed by atoms with van der Waals surface area (Å²) >= 11 is 0. The molecule has 2 atom stereocenters. The maximum atomic E-state index is 10.7. The molecule has 1 fully saturated rings. The fourth-order valence-corrected chi connectivity index (χ4v) is 2.15. The van der Waals surface area contributed by atoms with Crippen molar-refractivity contribution < 1.29 is 15.0 Å². The van der Waals surface area contributed by atoms with E-state index >= 15 is 0 Å². The van der Waals surface area contributed by atoms with E-state index in [-0.39, 0.29) is 24.7 Å². The Balaban J connectivity index is 2.61. The molecule has 0 spiro atoms. The van der Waals surface area contributed by atoms with Crippen LogP contribution < -0.4 is 0 Å². The van der Waals surface area contributed by atoms with Crippen LogP contribution in [0.15, 0.2) is 0 Å². The van der Waals surface area contributed by atoms with Crippen molar-refractivity contribution >= 4 is 5.97 Å². The third kappa shape index (κ3) is 2.69. The van der Waals surface area contributed by atoms with E-state index in [1.807, 2.05) is 18.7 Å². The highest BCUT2D eigenvalue weighted by molar-refractivity contribution is 5.69. The summed E-state index contributed by atoms with van der Waals surface area (Å²) in [6.07, 6.45) is 2.35. The summed E-state index contributed by atoms with van der Waals surface area (Å²) in [5.41, 5.74) is 0. The second-order valence-electron chi connectivity index (χ2n) is 4.23. The van der Waals surface area contributed by atoms with Crippen LogP contribution in [0.3, 0.4) is 0 Å². The van der Waals surface area contributed by atoms with Crippen molar-refractivity contribution in [2.75, 3.05) is 6.54 Å². The lowest BCUT2D eigenvalue weighted by atomic mass is 10.1. The van der Waals surface area contributed by atoms with Crippen molar-refractivity contribution in [3.05, 3.63) is 0 Å². The first-order valence-electron chi connectivity index (χ1n) is 5.18. The molecule has 0 amide bonds. The first-order valence-corrected chi connectivity index (χ1v) is 5.18. The largest absolute Gasteiger partial charge is 0.480 e. The van der Waals surface area contributed by atoms with Crippen molar-refractivity contribution in [2.24, 2.45) is 0 Å². The Bertz CT molecular complexity index is 206. The van der Waals surface area contributed by atoms with Gasteiger partial charge in [-0.15, -0.1) is 0 Å². The average Bonchev–Trinajstić information content (AvgIpc) is 2.46. The summed E-state index contributed by atoms with van der Waals surface area (Å²) < 4.78 is 0. The third-order valence-electron chi connectivity index (χ3n) is 2.85. The number of aliphatic hydroxyl groups is 1. The zero-order chi connectivity index (χ0) is 10.7. The molecule has 2 N–H and O–H groups in total. The Morgan fingerprint density at radius 3 is 2.50 bits per heavy atom. The fraction of sp³-hybridized carbons (Fsp3) is 0.900. The van der Waals surface area contributed by atoms with E-state index in [1.165, 1.54) is 0 Å². The molecular formula is C10H19NO3. The van der Waals surface area contributed by atoms with Gasteiger partial charge in [0.2, 0.25) is 0 Å². The second kappa shape index (κ2) is 4.75. The molecule has 0 bridgehead atoms. The van der Waals surface area contributed by atoms with E-state index in [9.17, 15) is 9.90 Å². The molecule has 0 radical (unpaired) electrons. The van der Waals surface area contributed by atoms with Gasteiger partial charge in [0.25, 0.3) is 0 Å². The number of hydrogen-bond acceptors (Lipinski definition) is 3. The lowest BCUT2D eigenvalue weighted by Gasteiger charge is -2.32. The van der Waals surface area contributed by atoms with Gasteiger partial charge in [-0.1, -0.05) is 0 Å². The first-order chi connectivity index (χ1) is 6.52. The Kier molecular flexibility index (Phi) is 3.89. The Morgan fingerprint density at radius 1 is 1.50 bits per heavy atom. The highest BCUT2D eigenvalue weighted by Crippen LogP contribution is 2.25. The van der Waals surface area contributed by atoms with Crippen molar-refractivity contribution in [2.45, 2.75) is 51.3 Å². The van der Waals surface area contributed by atoms with Crippen LogP contribution in [0.1, 0.15) is 33.1 Å². The van der Waals surface area contributed by atoms with Gasteiger partial charge in [-0.05, 0) is 33.1 Å². The molecule has 1 rings (SSSR count). The summed E-state index contributed by atoms with van der Waals surface area (Å²) in [4.78, 5) is 12.5. The van der Waals surface area contributed by atoms with Crippen LogP contribution in [0.25, 0.3) is 0 Å². The van der Waals surface area contributed by atoms with Crippen LogP contribution in [0.2, 0.25) is 0 Å². The number of carboxylic acid groups (broad SMARTS) is 1. The number of nitrogens with zero attached hydrogens (tertiary/aromatic N) is 1. The SMILES string of the molecule is CC(C)N(CC(=O)O)C1CCCC1O. The molecule has 1 aliphatic carbocycles. The quantitative estimate of drug-likeness (QED) is 0.702. The van der Waals surface area contributed by atoms with Crippen LogP contribution in [0, 0.1) is 0 Å². The molecule has 1 aliphatic rings. The predicted molar refractivity (Wildman–Crippen MR) is 53.1 cm³/mol. The van der Waals surface area contributed by atoms with E-state index in [2.05, 4.69) is 0 Å². The number of carbonyl (C=O) groups is 1. The highest BCUT2D eigenvalue weighted by atomic mass is 16.4. The van der Waals surface area contributed by atoms with Crippen molar-refractivity contribution in [3.63, 3.8) is 0 Å². The smallest absolute Gasteiger partial charge is 0.317 e. The minimum atomic E-state index is -0.821. The lowest BCUT2D eigenvalue weighted by Crippen LogP contribution is -2.47. The van der Waals surface area contributed by atoms with Gasteiger partial charge in [-0.3, -0.25) is 9.69 Å². The van der Waals surface area contributed by atoms with Crippen LogP contribution in [0.4, 0.5) is 0 Å². The van der Waals surface area contributed by atoms with E-state index < -0.39 is 5.97 Å². The monoisotopic (exact) mass is 201 g/mol. The topological polar surface area (TPSA) is 60.8 Å². The van der Waals surface area contributed by atoms with E-state index in [1.54, 1.807) is 0 Å². The molecule has 0 aromatic heterocycles. The molecule has 4 heteroatoms. The second-order valence-corrected chi connectivity index (χ2v) is 4.23. The molecule has 14 heavy (non-hydrogen) atoms. The van der Waals surface area contributed by atoms with Gasteiger partial charge in [0.05, 0.1) is 12.6 Å². The number of hydrogen-bond donors (Lipinski definition) is 2. The maximum Gasteiger partial charge on any atom is 0.317 e. The molecule has 0 saturated heterocycles. The molecule has 0 aromatic rings. The normalized spacial score (nSPS) is 27.5. The summed E-state index contributed by atoms with van der Waals surface area (Å²) in [6, 6.07) is 0.204. The summed E-state index contributed by atoms with van der Waals surface area (Å²) in [7, 11) is 0. The van der Waals surface area contributed by atoms with Gasteiger partial charge >= 0.3 is 5.97 Å². The van der Waals surface area contributed by atoms with Gasteiger partial charge in [0.15, 0.2) is 0 Å². The zero-order valence-electron chi connectivity index (χ0n) is 8.81. The Labute approximate surface area is 84.5 Å². The standard InChI is InChI=1S/C10H19NO3/c1-7(2)11(6-10(13)14)8-4-3-5-9(8)12/h7-9,12H,3-6H2,1-2H3,(H,13,14). The van der Waals surface area contributed by atoms with Crippen LogP contribution >= 0.6 is 0 Å². The zero-order valence-corrected chi connectivity index (χ0v) is 8.81. The van der Waals surface area contributed by atoms with Gasteiger partial charge in [-0.25, -0.2) is 0 Å². The van der Waals surface area contributed by atoms with Gasteiger partial charge in [-0.2, -0.15) is 0 Å². The number of aliphatic hydroxyl groups excluding tert-OH is 1. The molecule has 0 aromatic carbocycles. The summed E-state index contributed by atoms with van der Waals surface area (Å²) in [5.74, 6) is -0.821. The van der Waals surface area contributed by atoms with Crippen LogP contribution in [-0.4, -0.2) is 45.8 Å². The van der Waals surface area contributed by atoms with Crippen LogP contribution in [-0.2, 0) is 4.79 Å². The summed E-state index contributed by atoms with van der Waals surface area (Å²) in [6.45, 7) is 3.96. The summed E-state index contributed by atoms with van der Waals surface area (Å²) in [5, 5.41) is 18.4. The van der Waals surface area contributed by atoms with E-state index in [0.29, 0.717) is 0 Å². The van der Waals surface area contributed by atoms with E-state index in [0.717, 1.165) is 19.3 Å². The number of aliphatic carboxylic acids is 1. The van der Waals surface area contributed by atoms with Gasteiger partial charge in [0.1, 0.15) is 0 Å². The van der Waals surface area contributed by atoms with Gasteiger partial charge in [0, 0.05) is 12.1 Å². The fourth-order valence-electron chi connectivity index (χ4n) is 2.15.